The molecule has 0 unspecified atom stereocenters. The van der Waals surface area contributed by atoms with E-state index in [9.17, 15) is 0 Å². The smallest absolute Gasteiger partial charge is 0.119 e. The molecule has 0 heterocycles. The van der Waals surface area contributed by atoms with Crippen molar-refractivity contribution in [1.29, 1.82) is 0 Å². The van der Waals surface area contributed by atoms with Crippen molar-refractivity contribution in [3.8, 4) is 16.9 Å². The molecule has 0 N–H and O–H groups in total. The van der Waals surface area contributed by atoms with Crippen molar-refractivity contribution in [2.75, 3.05) is 6.61 Å². The zero-order valence-electron chi connectivity index (χ0n) is 10.0. The number of hydrogen-bond acceptors (Lipinski definition) is 1. The topological polar surface area (TPSA) is 9.23 Å². The SMILES string of the molecule is C=CCOc1ccc(-c2ccc(C)cc2)cc1. The van der Waals surface area contributed by atoms with E-state index in [0.29, 0.717) is 6.61 Å². The molecule has 2 rings (SSSR count). The van der Waals surface area contributed by atoms with Crippen LogP contribution in [0.1, 0.15) is 5.56 Å². The van der Waals surface area contributed by atoms with Gasteiger partial charge in [-0.1, -0.05) is 54.6 Å². The van der Waals surface area contributed by atoms with Gasteiger partial charge in [-0.25, -0.2) is 0 Å². The summed E-state index contributed by atoms with van der Waals surface area (Å²) in [6, 6.07) is 16.6. The van der Waals surface area contributed by atoms with Gasteiger partial charge >= 0.3 is 0 Å². The van der Waals surface area contributed by atoms with Crippen LogP contribution in [0.5, 0.6) is 5.75 Å². The molecule has 0 bridgehead atoms. The van der Waals surface area contributed by atoms with E-state index in [1.807, 2.05) is 12.1 Å². The van der Waals surface area contributed by atoms with Crippen molar-refractivity contribution in [2.24, 2.45) is 0 Å². The molecule has 0 aromatic heterocycles. The minimum Gasteiger partial charge on any atom is -0.490 e. The zero-order valence-corrected chi connectivity index (χ0v) is 10.0. The molecule has 0 radical (unpaired) electrons. The first-order chi connectivity index (χ1) is 8.29. The number of ether oxygens (including phenoxy) is 1. The van der Waals surface area contributed by atoms with Gasteiger partial charge in [-0.2, -0.15) is 0 Å². The average molecular weight is 224 g/mol. The van der Waals surface area contributed by atoms with E-state index in [1.54, 1.807) is 6.08 Å². The molecule has 0 fully saturated rings. The van der Waals surface area contributed by atoms with Crippen molar-refractivity contribution in [1.82, 2.24) is 0 Å². The summed E-state index contributed by atoms with van der Waals surface area (Å²) in [6.07, 6.45) is 1.74. The Morgan fingerprint density at radius 1 is 0.941 bits per heavy atom. The molecule has 1 nitrogen and oxygen atoms in total. The molecule has 0 aliphatic carbocycles. The van der Waals surface area contributed by atoms with E-state index in [-0.39, 0.29) is 0 Å². The molecule has 0 spiro atoms. The third-order valence-corrected chi connectivity index (χ3v) is 2.61. The van der Waals surface area contributed by atoms with Gasteiger partial charge in [0.1, 0.15) is 12.4 Å². The van der Waals surface area contributed by atoms with Crippen molar-refractivity contribution in [3.05, 3.63) is 66.7 Å². The maximum absolute atomic E-state index is 5.45. The Morgan fingerprint density at radius 2 is 1.47 bits per heavy atom. The van der Waals surface area contributed by atoms with Gasteiger partial charge in [0.25, 0.3) is 0 Å². The van der Waals surface area contributed by atoms with Crippen LogP contribution in [-0.4, -0.2) is 6.61 Å². The fourth-order valence-electron chi connectivity index (χ4n) is 1.64. The Bertz CT molecular complexity index is 480. The highest BCUT2D eigenvalue weighted by Crippen LogP contribution is 2.22. The largest absolute Gasteiger partial charge is 0.490 e. The molecular formula is C16H16O. The highest BCUT2D eigenvalue weighted by atomic mass is 16.5. The summed E-state index contributed by atoms with van der Waals surface area (Å²) in [5.41, 5.74) is 3.71. The molecular weight excluding hydrogens is 208 g/mol. The lowest BCUT2D eigenvalue weighted by atomic mass is 10.0. The fourth-order valence-corrected chi connectivity index (χ4v) is 1.64. The van der Waals surface area contributed by atoms with Gasteiger partial charge in [0.05, 0.1) is 0 Å². The van der Waals surface area contributed by atoms with Gasteiger partial charge in [-0.15, -0.1) is 0 Å². The van der Waals surface area contributed by atoms with Gasteiger partial charge in [0.2, 0.25) is 0 Å². The monoisotopic (exact) mass is 224 g/mol. The Morgan fingerprint density at radius 3 is 2.00 bits per heavy atom. The third kappa shape index (κ3) is 2.97. The second-order valence-corrected chi connectivity index (χ2v) is 3.99. The Labute approximate surface area is 102 Å². The van der Waals surface area contributed by atoms with E-state index in [2.05, 4.69) is 49.9 Å². The van der Waals surface area contributed by atoms with Crippen molar-refractivity contribution >= 4 is 0 Å². The zero-order chi connectivity index (χ0) is 12.1. The van der Waals surface area contributed by atoms with Gasteiger partial charge < -0.3 is 4.74 Å². The number of rotatable bonds is 4. The summed E-state index contributed by atoms with van der Waals surface area (Å²) in [5.74, 6) is 0.876. The van der Waals surface area contributed by atoms with Crippen LogP contribution >= 0.6 is 0 Å². The van der Waals surface area contributed by atoms with Crippen LogP contribution in [-0.2, 0) is 0 Å². The van der Waals surface area contributed by atoms with Crippen molar-refractivity contribution in [2.45, 2.75) is 6.92 Å². The second-order valence-electron chi connectivity index (χ2n) is 3.99. The first kappa shape index (κ1) is 11.5. The summed E-state index contributed by atoms with van der Waals surface area (Å²) in [5, 5.41) is 0. The van der Waals surface area contributed by atoms with Crippen LogP contribution in [0.3, 0.4) is 0 Å². The molecule has 0 atom stereocenters. The van der Waals surface area contributed by atoms with E-state index in [4.69, 9.17) is 4.74 Å². The molecule has 0 amide bonds. The molecule has 2 aromatic rings. The molecule has 0 saturated heterocycles. The van der Waals surface area contributed by atoms with E-state index >= 15 is 0 Å². The first-order valence-electron chi connectivity index (χ1n) is 5.70. The van der Waals surface area contributed by atoms with Crippen molar-refractivity contribution < 1.29 is 4.74 Å². The summed E-state index contributed by atoms with van der Waals surface area (Å²) in [4.78, 5) is 0. The van der Waals surface area contributed by atoms with Crippen LogP contribution in [0.2, 0.25) is 0 Å². The maximum atomic E-state index is 5.45. The fraction of sp³-hybridized carbons (Fsp3) is 0.125. The van der Waals surface area contributed by atoms with Crippen LogP contribution in [0.25, 0.3) is 11.1 Å². The van der Waals surface area contributed by atoms with Gasteiger partial charge in [0.15, 0.2) is 0 Å². The number of hydrogen-bond donors (Lipinski definition) is 0. The molecule has 86 valence electrons. The molecule has 0 saturated carbocycles. The lowest BCUT2D eigenvalue weighted by Gasteiger charge is -2.05. The van der Waals surface area contributed by atoms with Gasteiger partial charge in [-0.05, 0) is 30.2 Å². The number of benzene rings is 2. The van der Waals surface area contributed by atoms with E-state index in [1.165, 1.54) is 16.7 Å². The van der Waals surface area contributed by atoms with Gasteiger partial charge in [0, 0.05) is 0 Å². The normalized spacial score (nSPS) is 9.94. The Balaban J connectivity index is 2.17. The van der Waals surface area contributed by atoms with E-state index in [0.717, 1.165) is 5.75 Å². The quantitative estimate of drug-likeness (QED) is 0.706. The Kier molecular flexibility index (Phi) is 3.61. The lowest BCUT2D eigenvalue weighted by Crippen LogP contribution is -1.92. The molecule has 0 aliphatic rings. The minimum atomic E-state index is 0.546. The van der Waals surface area contributed by atoms with Crippen molar-refractivity contribution in [3.63, 3.8) is 0 Å². The standard InChI is InChI=1S/C16H16O/c1-3-12-17-16-10-8-15(9-11-16)14-6-4-13(2)5-7-14/h3-11H,1,12H2,2H3. The summed E-state index contributed by atoms with van der Waals surface area (Å²) < 4.78 is 5.45. The summed E-state index contributed by atoms with van der Waals surface area (Å²) in [6.45, 7) is 6.26. The third-order valence-electron chi connectivity index (χ3n) is 2.61. The van der Waals surface area contributed by atoms with E-state index < -0.39 is 0 Å². The Hall–Kier alpha value is -2.02. The lowest BCUT2D eigenvalue weighted by molar-refractivity contribution is 0.363. The molecule has 0 aliphatic heterocycles. The van der Waals surface area contributed by atoms with Gasteiger partial charge in [-0.3, -0.25) is 0 Å². The predicted octanol–water partition coefficient (Wildman–Crippen LogP) is 4.23. The first-order valence-corrected chi connectivity index (χ1v) is 5.70. The summed E-state index contributed by atoms with van der Waals surface area (Å²) >= 11 is 0. The summed E-state index contributed by atoms with van der Waals surface area (Å²) in [7, 11) is 0. The minimum absolute atomic E-state index is 0.546. The predicted molar refractivity (Wildman–Crippen MR) is 72.3 cm³/mol. The highest BCUT2D eigenvalue weighted by molar-refractivity contribution is 5.64. The molecule has 17 heavy (non-hydrogen) atoms. The second kappa shape index (κ2) is 5.35. The van der Waals surface area contributed by atoms with Crippen LogP contribution in [0.4, 0.5) is 0 Å². The highest BCUT2D eigenvalue weighted by Gasteiger charge is 1.98. The maximum Gasteiger partial charge on any atom is 0.119 e. The molecule has 2 aromatic carbocycles. The average Bonchev–Trinajstić information content (AvgIpc) is 2.38. The number of aryl methyl sites for hydroxylation is 1. The van der Waals surface area contributed by atoms with Crippen LogP contribution in [0.15, 0.2) is 61.2 Å². The van der Waals surface area contributed by atoms with Crippen LogP contribution in [0, 0.1) is 6.92 Å². The van der Waals surface area contributed by atoms with Crippen LogP contribution < -0.4 is 4.74 Å². The molecule has 1 heteroatoms.